The Kier molecular flexibility index (Phi) is 11.3. The lowest BCUT2D eigenvalue weighted by Gasteiger charge is -2.32. The van der Waals surface area contributed by atoms with Crippen molar-refractivity contribution in [2.45, 2.75) is 88.9 Å². The maximum Gasteiger partial charge on any atom is 0.165 e. The first-order valence-corrected chi connectivity index (χ1v) is 17.5. The van der Waals surface area contributed by atoms with Crippen LogP contribution in [0.5, 0.6) is 23.0 Å². The second-order valence-corrected chi connectivity index (χ2v) is 13.0. The van der Waals surface area contributed by atoms with Gasteiger partial charge in [0.25, 0.3) is 0 Å². The molecule has 2 atom stereocenters. The van der Waals surface area contributed by atoms with Gasteiger partial charge >= 0.3 is 0 Å². The number of ketones is 1. The number of piperidine rings is 2. The lowest BCUT2D eigenvalue weighted by molar-refractivity contribution is -0.123. The van der Waals surface area contributed by atoms with Crippen LogP contribution in [0.2, 0.25) is 0 Å². The zero-order chi connectivity index (χ0) is 30.0. The number of Topliss-reactive ketones (excluding diaryl/α,β-unsaturated/α-hetero) is 1. The summed E-state index contributed by atoms with van der Waals surface area (Å²) in [5.41, 5.74) is 1.92. The van der Waals surface area contributed by atoms with Crippen LogP contribution in [-0.2, 0) is 4.79 Å². The van der Waals surface area contributed by atoms with Crippen molar-refractivity contribution in [2.24, 2.45) is 0 Å². The topological polar surface area (TPSA) is 60.5 Å². The summed E-state index contributed by atoms with van der Waals surface area (Å²) in [6, 6.07) is 12.1. The Balaban J connectivity index is 1.04. The van der Waals surface area contributed by atoms with E-state index in [1.165, 1.54) is 64.7 Å². The Bertz CT molecular complexity index is 1110. The van der Waals surface area contributed by atoms with Gasteiger partial charge in [0.1, 0.15) is 5.78 Å². The van der Waals surface area contributed by atoms with Crippen molar-refractivity contribution in [3.63, 3.8) is 0 Å². The standard InChI is InChI=1S/C37H52N2O5/c40-35(29-17-27-43-36-31(29)13-11-15-33(36)41-25-9-7-23-38-19-3-1-4-20-38)30-18-28-44-37-32(30)14-12-16-34(37)42-26-10-8-24-39-21-5-2-6-22-39/h11-16,29-30H,1-10,17-28H2. The number of benzene rings is 2. The first kappa shape index (κ1) is 31.2. The van der Waals surface area contributed by atoms with Gasteiger partial charge in [-0.1, -0.05) is 37.1 Å². The number of carbonyl (C=O) groups excluding carboxylic acids is 1. The van der Waals surface area contributed by atoms with Gasteiger partial charge in [0.05, 0.1) is 38.3 Å². The average Bonchev–Trinajstić information content (AvgIpc) is 3.08. The lowest BCUT2D eigenvalue weighted by atomic mass is 9.78. The van der Waals surface area contributed by atoms with E-state index < -0.39 is 0 Å². The fourth-order valence-corrected chi connectivity index (χ4v) is 7.46. The van der Waals surface area contributed by atoms with Crippen LogP contribution >= 0.6 is 0 Å². The molecule has 44 heavy (non-hydrogen) atoms. The molecule has 0 bridgehead atoms. The van der Waals surface area contributed by atoms with Gasteiger partial charge in [-0.15, -0.1) is 0 Å². The number of nitrogens with zero attached hydrogens (tertiary/aromatic N) is 2. The second kappa shape index (κ2) is 16.0. The molecule has 2 aromatic carbocycles. The van der Waals surface area contributed by atoms with Gasteiger partial charge < -0.3 is 28.7 Å². The van der Waals surface area contributed by atoms with Gasteiger partial charge in [0.2, 0.25) is 0 Å². The highest BCUT2D eigenvalue weighted by Crippen LogP contribution is 2.47. The normalized spacial score (nSPS) is 22.3. The first-order chi connectivity index (χ1) is 21.8. The number of ether oxygens (including phenoxy) is 4. The number of unbranched alkanes of at least 4 members (excludes halogenated alkanes) is 2. The number of fused-ring (bicyclic) bond motifs is 2. The molecule has 0 saturated carbocycles. The van der Waals surface area contributed by atoms with E-state index in [4.69, 9.17) is 18.9 Å². The van der Waals surface area contributed by atoms with Gasteiger partial charge in [-0.2, -0.15) is 0 Å². The first-order valence-electron chi connectivity index (χ1n) is 17.5. The molecule has 6 rings (SSSR count). The Morgan fingerprint density at radius 3 is 1.55 bits per heavy atom. The number of para-hydroxylation sites is 2. The third-order valence-electron chi connectivity index (χ3n) is 9.91. The molecule has 2 saturated heterocycles. The van der Waals surface area contributed by atoms with E-state index in [0.717, 1.165) is 72.9 Å². The summed E-state index contributed by atoms with van der Waals surface area (Å²) in [5, 5.41) is 0. The second-order valence-electron chi connectivity index (χ2n) is 13.0. The summed E-state index contributed by atoms with van der Waals surface area (Å²) >= 11 is 0. The smallest absolute Gasteiger partial charge is 0.165 e. The van der Waals surface area contributed by atoms with Crippen molar-refractivity contribution in [3.8, 4) is 23.0 Å². The summed E-state index contributed by atoms with van der Waals surface area (Å²) in [7, 11) is 0. The van der Waals surface area contributed by atoms with E-state index in [0.29, 0.717) is 39.3 Å². The van der Waals surface area contributed by atoms with E-state index in [1.54, 1.807) is 0 Å². The zero-order valence-corrected chi connectivity index (χ0v) is 26.6. The molecule has 2 fully saturated rings. The molecule has 4 aliphatic rings. The molecule has 0 amide bonds. The van der Waals surface area contributed by atoms with Crippen LogP contribution in [0.1, 0.15) is 100 Å². The SMILES string of the molecule is O=C(C1CCOc2c(OCCCCN3CCCCC3)cccc21)C1CCOc2c(OCCCCN3CCCCC3)cccc21. The van der Waals surface area contributed by atoms with Crippen LogP contribution in [-0.4, -0.2) is 81.3 Å². The van der Waals surface area contributed by atoms with Crippen LogP contribution in [0, 0.1) is 0 Å². The summed E-state index contributed by atoms with van der Waals surface area (Å²) in [5.74, 6) is 2.86. The number of hydrogen-bond acceptors (Lipinski definition) is 7. The molecule has 4 aliphatic heterocycles. The third-order valence-corrected chi connectivity index (χ3v) is 9.91. The molecule has 0 spiro atoms. The number of likely N-dealkylation sites (tertiary alicyclic amines) is 2. The minimum absolute atomic E-state index is 0.211. The fourth-order valence-electron chi connectivity index (χ4n) is 7.46. The van der Waals surface area contributed by atoms with Crippen LogP contribution in [0.3, 0.4) is 0 Å². The van der Waals surface area contributed by atoms with E-state index in [-0.39, 0.29) is 17.6 Å². The lowest BCUT2D eigenvalue weighted by Crippen LogP contribution is -2.30. The Hall–Kier alpha value is -2.77. The van der Waals surface area contributed by atoms with Crippen molar-refractivity contribution in [2.75, 3.05) is 65.7 Å². The van der Waals surface area contributed by atoms with Crippen LogP contribution in [0.4, 0.5) is 0 Å². The number of hydrogen-bond donors (Lipinski definition) is 0. The van der Waals surface area contributed by atoms with Crippen LogP contribution < -0.4 is 18.9 Å². The number of rotatable bonds is 14. The van der Waals surface area contributed by atoms with E-state index >= 15 is 0 Å². The molecular weight excluding hydrogens is 552 g/mol. The molecule has 0 radical (unpaired) electrons. The Morgan fingerprint density at radius 2 is 1.09 bits per heavy atom. The Labute approximate surface area is 264 Å². The minimum Gasteiger partial charge on any atom is -0.490 e. The van der Waals surface area contributed by atoms with Gasteiger partial charge in [-0.05, 0) is 116 Å². The quantitative estimate of drug-likeness (QED) is 0.216. The van der Waals surface area contributed by atoms with E-state index in [9.17, 15) is 4.79 Å². The monoisotopic (exact) mass is 604 g/mol. The van der Waals surface area contributed by atoms with Gasteiger partial charge in [0, 0.05) is 11.1 Å². The van der Waals surface area contributed by atoms with Gasteiger partial charge in [-0.25, -0.2) is 0 Å². The van der Waals surface area contributed by atoms with E-state index in [2.05, 4.69) is 9.80 Å². The zero-order valence-electron chi connectivity index (χ0n) is 26.6. The fraction of sp³-hybridized carbons (Fsp3) is 0.649. The third kappa shape index (κ3) is 7.89. The average molecular weight is 605 g/mol. The van der Waals surface area contributed by atoms with Crippen molar-refractivity contribution < 1.29 is 23.7 Å². The molecule has 4 heterocycles. The predicted octanol–water partition coefficient (Wildman–Crippen LogP) is 6.98. The minimum atomic E-state index is -0.211. The molecular formula is C37H52N2O5. The highest BCUT2D eigenvalue weighted by atomic mass is 16.5. The maximum atomic E-state index is 14.2. The van der Waals surface area contributed by atoms with Crippen molar-refractivity contribution in [1.29, 1.82) is 0 Å². The molecule has 0 aromatic heterocycles. The van der Waals surface area contributed by atoms with Crippen molar-refractivity contribution >= 4 is 5.78 Å². The van der Waals surface area contributed by atoms with E-state index in [1.807, 2.05) is 36.4 Å². The molecule has 2 unspecified atom stereocenters. The van der Waals surface area contributed by atoms with Crippen LogP contribution in [0.15, 0.2) is 36.4 Å². The van der Waals surface area contributed by atoms with Gasteiger partial charge in [0.15, 0.2) is 23.0 Å². The summed E-state index contributed by atoms with van der Waals surface area (Å²) in [4.78, 5) is 19.4. The van der Waals surface area contributed by atoms with Crippen molar-refractivity contribution in [3.05, 3.63) is 47.5 Å². The molecule has 240 valence electrons. The summed E-state index contributed by atoms with van der Waals surface area (Å²) in [6.45, 7) is 9.64. The summed E-state index contributed by atoms with van der Waals surface area (Å²) in [6.07, 6.45) is 13.8. The molecule has 7 heteroatoms. The largest absolute Gasteiger partial charge is 0.490 e. The van der Waals surface area contributed by atoms with Gasteiger partial charge in [-0.3, -0.25) is 4.79 Å². The highest BCUT2D eigenvalue weighted by Gasteiger charge is 2.37. The van der Waals surface area contributed by atoms with Crippen molar-refractivity contribution in [1.82, 2.24) is 9.80 Å². The Morgan fingerprint density at radius 1 is 0.636 bits per heavy atom. The number of carbonyl (C=O) groups is 1. The van der Waals surface area contributed by atoms with Crippen LogP contribution in [0.25, 0.3) is 0 Å². The maximum absolute atomic E-state index is 14.2. The predicted molar refractivity (Wildman–Crippen MR) is 174 cm³/mol. The molecule has 0 aliphatic carbocycles. The highest BCUT2D eigenvalue weighted by molar-refractivity contribution is 5.93. The molecule has 2 aromatic rings. The molecule has 7 nitrogen and oxygen atoms in total. The summed E-state index contributed by atoms with van der Waals surface area (Å²) < 4.78 is 24.7. The molecule has 0 N–H and O–H groups in total.